The van der Waals surface area contributed by atoms with E-state index in [-0.39, 0.29) is 30.0 Å². The molecule has 0 radical (unpaired) electrons. The zero-order valence-corrected chi connectivity index (χ0v) is 14.9. The maximum atomic E-state index is 12.1. The van der Waals surface area contributed by atoms with Gasteiger partial charge in [-0.1, -0.05) is 6.07 Å². The Morgan fingerprint density at radius 1 is 1.15 bits per heavy atom. The molecule has 0 atom stereocenters. The molecule has 7 heteroatoms. The molecule has 0 amide bonds. The zero-order chi connectivity index (χ0) is 19.6. The number of carbonyl (C=O) groups excluding carboxylic acids is 1. The van der Waals surface area contributed by atoms with Crippen molar-refractivity contribution in [2.24, 2.45) is 0 Å². The summed E-state index contributed by atoms with van der Waals surface area (Å²) >= 11 is 0. The Morgan fingerprint density at radius 3 is 2.59 bits per heavy atom. The summed E-state index contributed by atoms with van der Waals surface area (Å²) in [6, 6.07) is 11.5. The van der Waals surface area contributed by atoms with Crippen LogP contribution in [-0.2, 0) is 16.0 Å². The highest BCUT2D eigenvalue weighted by atomic mass is 16.5. The normalized spacial score (nSPS) is 10.7. The Morgan fingerprint density at radius 2 is 1.93 bits per heavy atom. The quantitative estimate of drug-likeness (QED) is 0.648. The number of methoxy groups -OCH3 is 1. The van der Waals surface area contributed by atoms with Gasteiger partial charge in [0.15, 0.2) is 0 Å². The van der Waals surface area contributed by atoms with E-state index in [1.807, 2.05) is 0 Å². The second kappa shape index (κ2) is 7.41. The number of phenolic OH excluding ortho intramolecular Hbond substituents is 1. The van der Waals surface area contributed by atoms with E-state index in [1.54, 1.807) is 41.8 Å². The van der Waals surface area contributed by atoms with E-state index in [1.165, 1.54) is 19.2 Å². The van der Waals surface area contributed by atoms with Crippen LogP contribution in [0, 0.1) is 0 Å². The summed E-state index contributed by atoms with van der Waals surface area (Å²) < 4.78 is 12.0. The van der Waals surface area contributed by atoms with Gasteiger partial charge in [-0.15, -0.1) is 0 Å². The first kappa shape index (κ1) is 18.3. The highest BCUT2D eigenvalue weighted by Crippen LogP contribution is 2.33. The summed E-state index contributed by atoms with van der Waals surface area (Å²) in [5, 5.41) is 20.0. The van der Waals surface area contributed by atoms with Crippen LogP contribution in [0.3, 0.4) is 0 Å². The summed E-state index contributed by atoms with van der Waals surface area (Å²) in [4.78, 5) is 24.1. The van der Waals surface area contributed by atoms with Crippen LogP contribution in [0.2, 0.25) is 0 Å². The third-order valence-electron chi connectivity index (χ3n) is 4.19. The number of carbonyl (C=O) groups is 2. The molecule has 1 heterocycles. The molecule has 0 aliphatic heterocycles. The van der Waals surface area contributed by atoms with Gasteiger partial charge in [0.1, 0.15) is 11.5 Å². The molecule has 140 valence electrons. The second-order valence-electron chi connectivity index (χ2n) is 5.85. The van der Waals surface area contributed by atoms with Crippen LogP contribution in [0.25, 0.3) is 16.6 Å². The van der Waals surface area contributed by atoms with Gasteiger partial charge in [0.05, 0.1) is 31.2 Å². The summed E-state index contributed by atoms with van der Waals surface area (Å²) in [5.41, 5.74) is 1.42. The predicted octanol–water partition coefficient (Wildman–Crippen LogP) is 3.15. The van der Waals surface area contributed by atoms with Crippen molar-refractivity contribution in [3.05, 3.63) is 53.7 Å². The van der Waals surface area contributed by atoms with Gasteiger partial charge in [0.2, 0.25) is 0 Å². The molecule has 0 saturated carbocycles. The molecule has 1 aromatic heterocycles. The number of rotatable bonds is 6. The molecule has 7 nitrogen and oxygen atoms in total. The van der Waals surface area contributed by atoms with Crippen molar-refractivity contribution in [3.63, 3.8) is 0 Å². The highest BCUT2D eigenvalue weighted by molar-refractivity contribution is 6.07. The molecular formula is C20H19NO6. The number of carboxylic acid groups (broad SMARTS) is 1. The Kier molecular flexibility index (Phi) is 5.03. The summed E-state index contributed by atoms with van der Waals surface area (Å²) in [6.07, 6.45) is -0.220. The number of hydrogen-bond donors (Lipinski definition) is 2. The number of fused-ring (bicyclic) bond motifs is 1. The molecule has 0 fully saturated rings. The first-order valence-corrected chi connectivity index (χ1v) is 8.36. The number of aromatic nitrogens is 1. The van der Waals surface area contributed by atoms with Crippen molar-refractivity contribution in [2.45, 2.75) is 13.3 Å². The Bertz CT molecular complexity index is 1020. The van der Waals surface area contributed by atoms with Crippen LogP contribution in [0.1, 0.15) is 23.0 Å². The molecule has 0 aliphatic rings. The zero-order valence-electron chi connectivity index (χ0n) is 14.9. The van der Waals surface area contributed by atoms with Crippen LogP contribution in [-0.4, -0.2) is 40.4 Å². The van der Waals surface area contributed by atoms with Gasteiger partial charge >= 0.3 is 11.9 Å². The Labute approximate surface area is 155 Å². The minimum atomic E-state index is -1.19. The lowest BCUT2D eigenvalue weighted by Gasteiger charge is -2.12. The largest absolute Gasteiger partial charge is 0.508 e. The van der Waals surface area contributed by atoms with E-state index in [0.29, 0.717) is 22.3 Å². The fraction of sp³-hybridized carbons (Fsp3) is 0.200. The molecule has 0 bridgehead atoms. The van der Waals surface area contributed by atoms with Crippen molar-refractivity contribution >= 4 is 22.8 Å². The molecule has 3 aromatic rings. The lowest BCUT2D eigenvalue weighted by molar-refractivity contribution is -0.142. The number of ether oxygens (including phenoxy) is 2. The van der Waals surface area contributed by atoms with E-state index < -0.39 is 11.9 Å². The van der Waals surface area contributed by atoms with E-state index in [2.05, 4.69) is 0 Å². The van der Waals surface area contributed by atoms with Crippen molar-refractivity contribution in [2.75, 3.05) is 13.7 Å². The third-order valence-corrected chi connectivity index (χ3v) is 4.19. The molecule has 2 N–H and O–H groups in total. The average molecular weight is 369 g/mol. The Balaban J connectivity index is 2.35. The predicted molar refractivity (Wildman–Crippen MR) is 98.8 cm³/mol. The van der Waals surface area contributed by atoms with E-state index in [4.69, 9.17) is 9.47 Å². The number of esters is 1. The summed E-state index contributed by atoms with van der Waals surface area (Å²) in [6.45, 7) is 1.88. The number of nitrogens with zero attached hydrogens (tertiary/aromatic N) is 1. The fourth-order valence-corrected chi connectivity index (χ4v) is 3.13. The molecular weight excluding hydrogens is 350 g/mol. The maximum absolute atomic E-state index is 12.1. The lowest BCUT2D eigenvalue weighted by atomic mass is 10.1. The standard InChI is InChI=1S/C20H19NO6/c1-3-27-18(23)11-17-19(20(24)25)15-10-13(22)7-8-16(15)21(17)12-5-4-6-14(9-12)26-2/h4-10,22H,3,11H2,1-2H3,(H,24,25). The van der Waals surface area contributed by atoms with E-state index >= 15 is 0 Å². The minimum Gasteiger partial charge on any atom is -0.508 e. The van der Waals surface area contributed by atoms with Crippen LogP contribution >= 0.6 is 0 Å². The molecule has 0 saturated heterocycles. The molecule has 0 aliphatic carbocycles. The van der Waals surface area contributed by atoms with Crippen LogP contribution < -0.4 is 4.74 Å². The minimum absolute atomic E-state index is 0.0447. The molecule has 2 aromatic carbocycles. The lowest BCUT2D eigenvalue weighted by Crippen LogP contribution is -2.14. The van der Waals surface area contributed by atoms with Crippen molar-refractivity contribution < 1.29 is 29.3 Å². The first-order chi connectivity index (χ1) is 13.0. The van der Waals surface area contributed by atoms with Gasteiger partial charge < -0.3 is 24.3 Å². The van der Waals surface area contributed by atoms with Gasteiger partial charge in [-0.2, -0.15) is 0 Å². The number of benzene rings is 2. The van der Waals surface area contributed by atoms with E-state index in [9.17, 15) is 19.8 Å². The number of aromatic hydroxyl groups is 1. The second-order valence-corrected chi connectivity index (χ2v) is 5.85. The molecule has 3 rings (SSSR count). The third kappa shape index (κ3) is 3.44. The van der Waals surface area contributed by atoms with Crippen molar-refractivity contribution in [3.8, 4) is 17.2 Å². The number of phenols is 1. The smallest absolute Gasteiger partial charge is 0.338 e. The van der Waals surface area contributed by atoms with Crippen LogP contribution in [0.5, 0.6) is 11.5 Å². The molecule has 27 heavy (non-hydrogen) atoms. The topological polar surface area (TPSA) is 98.0 Å². The summed E-state index contributed by atoms with van der Waals surface area (Å²) in [7, 11) is 1.53. The van der Waals surface area contributed by atoms with E-state index in [0.717, 1.165) is 0 Å². The highest BCUT2D eigenvalue weighted by Gasteiger charge is 2.25. The van der Waals surface area contributed by atoms with Gasteiger partial charge in [0, 0.05) is 22.8 Å². The average Bonchev–Trinajstić information content (AvgIpc) is 2.94. The monoisotopic (exact) mass is 369 g/mol. The first-order valence-electron chi connectivity index (χ1n) is 8.36. The maximum Gasteiger partial charge on any atom is 0.338 e. The van der Waals surface area contributed by atoms with Gasteiger partial charge in [-0.05, 0) is 37.3 Å². The van der Waals surface area contributed by atoms with Crippen molar-refractivity contribution in [1.82, 2.24) is 4.57 Å². The number of carboxylic acids is 1. The van der Waals surface area contributed by atoms with Crippen LogP contribution in [0.15, 0.2) is 42.5 Å². The number of aromatic carboxylic acids is 1. The van der Waals surface area contributed by atoms with Gasteiger partial charge in [-0.25, -0.2) is 4.79 Å². The van der Waals surface area contributed by atoms with Gasteiger partial charge in [-0.3, -0.25) is 4.79 Å². The fourth-order valence-electron chi connectivity index (χ4n) is 3.13. The number of hydrogen-bond acceptors (Lipinski definition) is 5. The van der Waals surface area contributed by atoms with Gasteiger partial charge in [0.25, 0.3) is 0 Å². The molecule has 0 unspecified atom stereocenters. The summed E-state index contributed by atoms with van der Waals surface area (Å²) in [5.74, 6) is -1.19. The SMILES string of the molecule is CCOC(=O)Cc1c(C(=O)O)c2cc(O)ccc2n1-c1cccc(OC)c1. The van der Waals surface area contributed by atoms with Crippen molar-refractivity contribution in [1.29, 1.82) is 0 Å². The molecule has 0 spiro atoms. The van der Waals surface area contributed by atoms with Crippen LogP contribution in [0.4, 0.5) is 0 Å². The Hall–Kier alpha value is -3.48.